The molecule has 7 nitrogen and oxygen atoms in total. The quantitative estimate of drug-likeness (QED) is 0.523. The number of aromatic nitrogens is 2. The van der Waals surface area contributed by atoms with Crippen molar-refractivity contribution in [3.8, 4) is 5.75 Å². The zero-order valence-corrected chi connectivity index (χ0v) is 17.5. The largest absolute Gasteiger partial charge is 0.488 e. The maximum absolute atomic E-state index is 13.3. The molecule has 0 fully saturated rings. The van der Waals surface area contributed by atoms with Crippen LogP contribution in [-0.4, -0.2) is 28.7 Å². The molecule has 172 valence electrons. The molecule has 0 bridgehead atoms. The molecule has 3 aromatic rings. The molecule has 0 saturated carbocycles. The van der Waals surface area contributed by atoms with Gasteiger partial charge in [-0.3, -0.25) is 9.89 Å². The first kappa shape index (κ1) is 22.4. The highest BCUT2D eigenvalue weighted by Gasteiger charge is 2.33. The number of aromatic amines is 1. The lowest BCUT2D eigenvalue weighted by molar-refractivity contribution is -0.138. The standard InChI is InChI=1S/C23H20F3N3O4/c1-2-32-22(31)16-9-13(15-10-20(30)28-21-17(15)11-27-29-21)7-8-19(16)33-12-14-5-3-4-6-18(14)23(24,25)26/h3-9,11,15H,2,10,12H2,1H3,(H2,27,28,29,30). The van der Waals surface area contributed by atoms with Gasteiger partial charge >= 0.3 is 12.1 Å². The second kappa shape index (κ2) is 8.97. The van der Waals surface area contributed by atoms with E-state index in [0.717, 1.165) is 11.6 Å². The molecule has 1 unspecified atom stereocenters. The number of H-pyrrole nitrogens is 1. The molecule has 0 radical (unpaired) electrons. The number of halogens is 3. The second-order valence-corrected chi connectivity index (χ2v) is 7.41. The number of hydrogen-bond donors (Lipinski definition) is 2. The van der Waals surface area contributed by atoms with Crippen LogP contribution in [0.15, 0.2) is 48.7 Å². The minimum absolute atomic E-state index is 0.0594. The Kier molecular flexibility index (Phi) is 6.08. The summed E-state index contributed by atoms with van der Waals surface area (Å²) in [7, 11) is 0. The number of ether oxygens (including phenoxy) is 2. The van der Waals surface area contributed by atoms with Crippen molar-refractivity contribution in [1.82, 2.24) is 10.2 Å². The van der Waals surface area contributed by atoms with E-state index in [-0.39, 0.29) is 48.3 Å². The van der Waals surface area contributed by atoms with Crippen LogP contribution < -0.4 is 10.1 Å². The summed E-state index contributed by atoms with van der Waals surface area (Å²) in [6.07, 6.45) is -2.71. The van der Waals surface area contributed by atoms with E-state index >= 15 is 0 Å². The van der Waals surface area contributed by atoms with E-state index in [9.17, 15) is 22.8 Å². The van der Waals surface area contributed by atoms with Gasteiger partial charge < -0.3 is 14.8 Å². The summed E-state index contributed by atoms with van der Waals surface area (Å²) in [4.78, 5) is 24.7. The minimum Gasteiger partial charge on any atom is -0.488 e. The van der Waals surface area contributed by atoms with Gasteiger partial charge in [0.25, 0.3) is 0 Å². The zero-order chi connectivity index (χ0) is 23.6. The Hall–Kier alpha value is -3.82. The average Bonchev–Trinajstić information content (AvgIpc) is 3.25. The molecule has 2 N–H and O–H groups in total. The Morgan fingerprint density at radius 2 is 2.00 bits per heavy atom. The number of rotatable bonds is 6. The molecular formula is C23H20F3N3O4. The van der Waals surface area contributed by atoms with Crippen molar-refractivity contribution in [2.24, 2.45) is 0 Å². The highest BCUT2D eigenvalue weighted by molar-refractivity contribution is 5.95. The number of anilines is 1. The smallest absolute Gasteiger partial charge is 0.416 e. The number of carbonyl (C=O) groups is 2. The van der Waals surface area contributed by atoms with E-state index in [0.29, 0.717) is 11.4 Å². The van der Waals surface area contributed by atoms with E-state index in [1.165, 1.54) is 24.3 Å². The van der Waals surface area contributed by atoms with Gasteiger partial charge in [-0.15, -0.1) is 0 Å². The summed E-state index contributed by atoms with van der Waals surface area (Å²) in [5.41, 5.74) is 0.613. The van der Waals surface area contributed by atoms with E-state index in [2.05, 4.69) is 15.5 Å². The zero-order valence-electron chi connectivity index (χ0n) is 17.5. The third kappa shape index (κ3) is 4.69. The summed E-state index contributed by atoms with van der Waals surface area (Å²) in [6, 6.07) is 9.81. The Labute approximate surface area is 186 Å². The summed E-state index contributed by atoms with van der Waals surface area (Å²) in [5.74, 6) is -0.756. The molecule has 0 saturated heterocycles. The molecule has 2 aromatic carbocycles. The highest BCUT2D eigenvalue weighted by atomic mass is 19.4. The lowest BCUT2D eigenvalue weighted by Gasteiger charge is -2.23. The van der Waals surface area contributed by atoms with Crippen molar-refractivity contribution in [2.75, 3.05) is 11.9 Å². The SMILES string of the molecule is CCOC(=O)c1cc(C2CC(=O)Nc3n[nH]cc32)ccc1OCc1ccccc1C(F)(F)F. The van der Waals surface area contributed by atoms with Crippen LogP contribution in [0.4, 0.5) is 19.0 Å². The lowest BCUT2D eigenvalue weighted by Crippen LogP contribution is -2.23. The first-order valence-electron chi connectivity index (χ1n) is 10.2. The lowest BCUT2D eigenvalue weighted by atomic mass is 9.86. The van der Waals surface area contributed by atoms with Crippen LogP contribution in [0.5, 0.6) is 5.75 Å². The van der Waals surface area contributed by atoms with Crippen LogP contribution in [0.1, 0.15) is 51.9 Å². The number of nitrogens with one attached hydrogen (secondary N) is 2. The number of benzene rings is 2. The van der Waals surface area contributed by atoms with Crippen LogP contribution in [0, 0.1) is 0 Å². The third-order valence-electron chi connectivity index (χ3n) is 5.30. The molecule has 1 aliphatic rings. The molecule has 0 spiro atoms. The Bertz CT molecular complexity index is 1190. The molecule has 0 aliphatic carbocycles. The van der Waals surface area contributed by atoms with Crippen LogP contribution in [0.3, 0.4) is 0 Å². The molecular weight excluding hydrogens is 439 g/mol. The third-order valence-corrected chi connectivity index (χ3v) is 5.30. The van der Waals surface area contributed by atoms with E-state index in [4.69, 9.17) is 9.47 Å². The number of alkyl halides is 3. The highest BCUT2D eigenvalue weighted by Crippen LogP contribution is 2.38. The summed E-state index contributed by atoms with van der Waals surface area (Å²) in [5, 5.41) is 9.40. The topological polar surface area (TPSA) is 93.3 Å². The van der Waals surface area contributed by atoms with Crippen LogP contribution in [0.25, 0.3) is 0 Å². The molecule has 1 aliphatic heterocycles. The average molecular weight is 459 g/mol. The summed E-state index contributed by atoms with van der Waals surface area (Å²) in [6.45, 7) is 1.36. The van der Waals surface area contributed by atoms with Gasteiger partial charge in [0.15, 0.2) is 5.82 Å². The molecule has 1 atom stereocenters. The van der Waals surface area contributed by atoms with Gasteiger partial charge in [0.05, 0.1) is 12.2 Å². The predicted molar refractivity (Wildman–Crippen MR) is 112 cm³/mol. The number of esters is 1. The normalized spacial score (nSPS) is 15.5. The maximum Gasteiger partial charge on any atom is 0.416 e. The van der Waals surface area contributed by atoms with Gasteiger partial charge in [-0.25, -0.2) is 4.79 Å². The molecule has 1 amide bonds. The minimum atomic E-state index is -4.53. The van der Waals surface area contributed by atoms with Crippen molar-refractivity contribution < 1.29 is 32.2 Å². The van der Waals surface area contributed by atoms with Gasteiger partial charge in [-0.1, -0.05) is 24.3 Å². The van der Waals surface area contributed by atoms with Gasteiger partial charge in [-0.05, 0) is 30.7 Å². The Morgan fingerprint density at radius 3 is 2.76 bits per heavy atom. The van der Waals surface area contributed by atoms with Crippen molar-refractivity contribution in [1.29, 1.82) is 0 Å². The van der Waals surface area contributed by atoms with E-state index in [1.54, 1.807) is 25.3 Å². The van der Waals surface area contributed by atoms with Crippen molar-refractivity contribution in [3.05, 3.63) is 76.5 Å². The second-order valence-electron chi connectivity index (χ2n) is 7.41. The first-order valence-corrected chi connectivity index (χ1v) is 10.2. The van der Waals surface area contributed by atoms with Gasteiger partial charge in [-0.2, -0.15) is 18.3 Å². The monoisotopic (exact) mass is 459 g/mol. The number of hydrogen-bond acceptors (Lipinski definition) is 5. The van der Waals surface area contributed by atoms with Crippen LogP contribution in [0.2, 0.25) is 0 Å². The van der Waals surface area contributed by atoms with E-state index < -0.39 is 17.7 Å². The van der Waals surface area contributed by atoms with Crippen molar-refractivity contribution in [2.45, 2.75) is 32.0 Å². The fraction of sp³-hybridized carbons (Fsp3) is 0.261. The van der Waals surface area contributed by atoms with Gasteiger partial charge in [0.2, 0.25) is 5.91 Å². The Balaban J connectivity index is 1.66. The van der Waals surface area contributed by atoms with Crippen LogP contribution >= 0.6 is 0 Å². The summed E-state index contributed by atoms with van der Waals surface area (Å²) < 4.78 is 50.7. The summed E-state index contributed by atoms with van der Waals surface area (Å²) >= 11 is 0. The number of nitrogens with zero attached hydrogens (tertiary/aromatic N) is 1. The fourth-order valence-electron chi connectivity index (χ4n) is 3.78. The van der Waals surface area contributed by atoms with Gasteiger partial charge in [0, 0.05) is 29.7 Å². The van der Waals surface area contributed by atoms with Crippen molar-refractivity contribution >= 4 is 17.7 Å². The Morgan fingerprint density at radius 1 is 1.21 bits per heavy atom. The van der Waals surface area contributed by atoms with Crippen molar-refractivity contribution in [3.63, 3.8) is 0 Å². The van der Waals surface area contributed by atoms with Crippen LogP contribution in [-0.2, 0) is 22.3 Å². The number of carbonyl (C=O) groups excluding carboxylic acids is 2. The molecule has 2 heterocycles. The van der Waals surface area contributed by atoms with Gasteiger partial charge in [0.1, 0.15) is 17.9 Å². The maximum atomic E-state index is 13.3. The molecule has 33 heavy (non-hydrogen) atoms. The first-order chi connectivity index (χ1) is 15.8. The number of amides is 1. The molecule has 10 heteroatoms. The fourth-order valence-corrected chi connectivity index (χ4v) is 3.78. The van der Waals surface area contributed by atoms with E-state index in [1.807, 2.05) is 0 Å². The predicted octanol–water partition coefficient (Wildman–Crippen LogP) is 4.66. The molecule has 4 rings (SSSR count). The molecule has 1 aromatic heterocycles. The number of fused-ring (bicyclic) bond motifs is 1.